The van der Waals surface area contributed by atoms with Crippen molar-refractivity contribution in [1.82, 2.24) is 4.98 Å². The number of hydrogen-bond acceptors (Lipinski definition) is 4. The highest BCUT2D eigenvalue weighted by Crippen LogP contribution is 2.28. The average Bonchev–Trinajstić information content (AvgIpc) is 2.74. The molecule has 0 aliphatic rings. The van der Waals surface area contributed by atoms with E-state index in [4.69, 9.17) is 15.5 Å². The number of aryl methyl sites for hydroxylation is 1. The van der Waals surface area contributed by atoms with Crippen LogP contribution in [0.5, 0.6) is 0 Å². The second kappa shape index (κ2) is 10.8. The Morgan fingerprint density at radius 1 is 1.00 bits per heavy atom. The smallest absolute Gasteiger partial charge is 0.134 e. The molecule has 0 radical (unpaired) electrons. The lowest BCUT2D eigenvalue weighted by Gasteiger charge is -2.12. The first-order valence-electron chi connectivity index (χ1n) is 10.3. The molecule has 3 aromatic rings. The highest BCUT2D eigenvalue weighted by atomic mass is 16.5. The molecule has 0 atom stereocenters. The van der Waals surface area contributed by atoms with Gasteiger partial charge in [-0.1, -0.05) is 55.5 Å². The van der Waals surface area contributed by atoms with Crippen LogP contribution in [0.4, 0.5) is 5.82 Å². The monoisotopic (exact) mass is 377 g/mol. The molecule has 28 heavy (non-hydrogen) atoms. The van der Waals surface area contributed by atoms with Crippen LogP contribution in [-0.2, 0) is 11.2 Å². The van der Waals surface area contributed by atoms with E-state index in [0.29, 0.717) is 6.54 Å². The molecule has 1 aromatic heterocycles. The quantitative estimate of drug-likeness (QED) is 0.461. The molecule has 0 amide bonds. The molecule has 4 nitrogen and oxygen atoms in total. The second-order valence-electron chi connectivity index (χ2n) is 7.06. The van der Waals surface area contributed by atoms with Crippen molar-refractivity contribution >= 4 is 16.6 Å². The summed E-state index contributed by atoms with van der Waals surface area (Å²) in [6.07, 6.45) is 4.11. The van der Waals surface area contributed by atoms with Crippen LogP contribution in [0.2, 0.25) is 0 Å². The van der Waals surface area contributed by atoms with Crippen molar-refractivity contribution in [3.63, 3.8) is 0 Å². The average molecular weight is 378 g/mol. The highest BCUT2D eigenvalue weighted by Gasteiger charge is 2.07. The van der Waals surface area contributed by atoms with Gasteiger partial charge in [0, 0.05) is 30.7 Å². The van der Waals surface area contributed by atoms with Gasteiger partial charge in [-0.3, -0.25) is 0 Å². The summed E-state index contributed by atoms with van der Waals surface area (Å²) < 4.78 is 5.57. The number of nitrogens with two attached hydrogens (primary N) is 1. The zero-order chi connectivity index (χ0) is 19.6. The van der Waals surface area contributed by atoms with E-state index in [1.54, 1.807) is 0 Å². The number of nitrogens with one attached hydrogen (secondary N) is 1. The molecule has 0 saturated carbocycles. The molecule has 1 heterocycles. The molecule has 0 unspecified atom stereocenters. The van der Waals surface area contributed by atoms with Crippen LogP contribution in [0.1, 0.15) is 31.7 Å². The number of rotatable bonds is 11. The summed E-state index contributed by atoms with van der Waals surface area (Å²) in [7, 11) is 0. The van der Waals surface area contributed by atoms with E-state index in [1.165, 1.54) is 10.9 Å². The Morgan fingerprint density at radius 2 is 1.82 bits per heavy atom. The predicted octanol–water partition coefficient (Wildman–Crippen LogP) is 5.02. The highest BCUT2D eigenvalue weighted by molar-refractivity contribution is 5.94. The van der Waals surface area contributed by atoms with Gasteiger partial charge in [0.15, 0.2) is 0 Å². The molecule has 0 aliphatic carbocycles. The number of fused-ring (bicyclic) bond motifs is 1. The first-order chi connectivity index (χ1) is 13.8. The lowest BCUT2D eigenvalue weighted by Crippen LogP contribution is -2.09. The molecule has 0 bridgehead atoms. The van der Waals surface area contributed by atoms with Gasteiger partial charge < -0.3 is 15.8 Å². The van der Waals surface area contributed by atoms with Crippen LogP contribution in [0.3, 0.4) is 0 Å². The minimum Gasteiger partial charge on any atom is -0.381 e. The van der Waals surface area contributed by atoms with E-state index >= 15 is 0 Å². The van der Waals surface area contributed by atoms with Crippen LogP contribution in [0.25, 0.3) is 22.0 Å². The Kier molecular flexibility index (Phi) is 7.82. The number of ether oxygens (including phenoxy) is 1. The van der Waals surface area contributed by atoms with Gasteiger partial charge in [0.1, 0.15) is 5.82 Å². The normalized spacial score (nSPS) is 11.1. The maximum Gasteiger partial charge on any atom is 0.134 e. The SMILES string of the molecule is CCCOCCCc1ccc(-c2cc3ccccc3c(NCCCN)n2)cc1. The maximum atomic E-state index is 5.63. The fourth-order valence-corrected chi connectivity index (χ4v) is 3.26. The van der Waals surface area contributed by atoms with Crippen molar-refractivity contribution in [3.8, 4) is 11.3 Å². The molecule has 4 heteroatoms. The Morgan fingerprint density at radius 3 is 2.61 bits per heavy atom. The Bertz CT molecular complexity index is 861. The summed E-state index contributed by atoms with van der Waals surface area (Å²) in [6, 6.07) is 19.3. The Balaban J connectivity index is 1.75. The van der Waals surface area contributed by atoms with Crippen molar-refractivity contribution in [2.45, 2.75) is 32.6 Å². The minimum absolute atomic E-state index is 0.676. The lowest BCUT2D eigenvalue weighted by molar-refractivity contribution is 0.132. The van der Waals surface area contributed by atoms with Crippen molar-refractivity contribution in [1.29, 1.82) is 0 Å². The zero-order valence-electron chi connectivity index (χ0n) is 16.8. The zero-order valence-corrected chi connectivity index (χ0v) is 16.8. The third-order valence-corrected chi connectivity index (χ3v) is 4.77. The molecular formula is C24H31N3O. The van der Waals surface area contributed by atoms with Crippen LogP contribution < -0.4 is 11.1 Å². The summed E-state index contributed by atoms with van der Waals surface area (Å²) in [5, 5.41) is 5.79. The van der Waals surface area contributed by atoms with E-state index in [2.05, 4.69) is 66.8 Å². The van der Waals surface area contributed by atoms with Crippen LogP contribution in [0, 0.1) is 0 Å². The van der Waals surface area contributed by atoms with E-state index < -0.39 is 0 Å². The molecular weight excluding hydrogens is 346 g/mol. The van der Waals surface area contributed by atoms with Gasteiger partial charge in [-0.25, -0.2) is 4.98 Å². The number of anilines is 1. The summed E-state index contributed by atoms with van der Waals surface area (Å²) in [6.45, 7) is 5.33. The van der Waals surface area contributed by atoms with E-state index in [1.807, 2.05) is 0 Å². The lowest BCUT2D eigenvalue weighted by atomic mass is 10.0. The summed E-state index contributed by atoms with van der Waals surface area (Å²) in [5.41, 5.74) is 9.10. The predicted molar refractivity (Wildman–Crippen MR) is 119 cm³/mol. The molecule has 2 aromatic carbocycles. The van der Waals surface area contributed by atoms with Gasteiger partial charge in [-0.2, -0.15) is 0 Å². The molecule has 0 fully saturated rings. The topological polar surface area (TPSA) is 60.2 Å². The van der Waals surface area contributed by atoms with Gasteiger partial charge in [-0.05, 0) is 49.2 Å². The van der Waals surface area contributed by atoms with E-state index in [-0.39, 0.29) is 0 Å². The van der Waals surface area contributed by atoms with E-state index in [9.17, 15) is 0 Å². The van der Waals surface area contributed by atoms with Crippen LogP contribution in [-0.4, -0.2) is 31.3 Å². The van der Waals surface area contributed by atoms with Crippen molar-refractivity contribution in [2.24, 2.45) is 5.73 Å². The van der Waals surface area contributed by atoms with Gasteiger partial charge in [0.05, 0.1) is 5.69 Å². The van der Waals surface area contributed by atoms with Gasteiger partial charge in [-0.15, -0.1) is 0 Å². The van der Waals surface area contributed by atoms with Crippen molar-refractivity contribution < 1.29 is 4.74 Å². The first kappa shape index (κ1) is 20.3. The summed E-state index contributed by atoms with van der Waals surface area (Å²) in [5.74, 6) is 0.929. The van der Waals surface area contributed by atoms with E-state index in [0.717, 1.165) is 67.9 Å². The Labute approximate surface area is 168 Å². The second-order valence-corrected chi connectivity index (χ2v) is 7.06. The number of benzene rings is 2. The van der Waals surface area contributed by atoms with Gasteiger partial charge >= 0.3 is 0 Å². The number of pyridine rings is 1. The number of hydrogen-bond donors (Lipinski definition) is 2. The summed E-state index contributed by atoms with van der Waals surface area (Å²) in [4.78, 5) is 4.90. The molecule has 3 rings (SSSR count). The molecule has 0 aliphatic heterocycles. The molecule has 0 spiro atoms. The fraction of sp³-hybridized carbons (Fsp3) is 0.375. The van der Waals surface area contributed by atoms with Crippen LogP contribution >= 0.6 is 0 Å². The summed E-state index contributed by atoms with van der Waals surface area (Å²) >= 11 is 0. The number of nitrogens with zero attached hydrogens (tertiary/aromatic N) is 1. The minimum atomic E-state index is 0.676. The van der Waals surface area contributed by atoms with Crippen molar-refractivity contribution in [2.75, 3.05) is 31.6 Å². The molecule has 3 N–H and O–H groups in total. The largest absolute Gasteiger partial charge is 0.381 e. The number of aromatic nitrogens is 1. The van der Waals surface area contributed by atoms with Crippen molar-refractivity contribution in [3.05, 3.63) is 60.2 Å². The maximum absolute atomic E-state index is 5.63. The molecule has 148 valence electrons. The van der Waals surface area contributed by atoms with Crippen LogP contribution in [0.15, 0.2) is 54.6 Å². The first-order valence-corrected chi connectivity index (χ1v) is 10.3. The third kappa shape index (κ3) is 5.54. The van der Waals surface area contributed by atoms with Gasteiger partial charge in [0.25, 0.3) is 0 Å². The standard InChI is InChI=1S/C24H31N3O/c1-2-16-28-17-5-7-19-10-12-20(13-11-19)23-18-21-8-3-4-9-22(21)24(27-23)26-15-6-14-25/h3-4,8-13,18H,2,5-7,14-17,25H2,1H3,(H,26,27). The Hall–Kier alpha value is -2.43. The molecule has 0 saturated heterocycles. The third-order valence-electron chi connectivity index (χ3n) is 4.77. The fourth-order valence-electron chi connectivity index (χ4n) is 3.26. The van der Waals surface area contributed by atoms with Gasteiger partial charge in [0.2, 0.25) is 0 Å².